The smallest absolute Gasteiger partial charge is 0.325 e. The lowest BCUT2D eigenvalue weighted by atomic mass is 10.1. The van der Waals surface area contributed by atoms with Crippen LogP contribution in [-0.2, 0) is 23.2 Å². The van der Waals surface area contributed by atoms with Gasteiger partial charge in [-0.05, 0) is 11.6 Å². The summed E-state index contributed by atoms with van der Waals surface area (Å²) >= 11 is 6.07. The standard InChI is InChI=1S/C16H16ClN5O3/c1-21-7-6-13(20-21)19-14(23)8-12-15(24)22(16(25)18-12)9-10-4-2-3-5-11(10)17/h2-7,12H,8-9H2,1H3,(H,18,25)(H,19,20,23)/t12-/m0/s1. The molecule has 3 rings (SSSR count). The number of aryl methyl sites for hydroxylation is 1. The third-order valence-corrected chi connectivity index (χ3v) is 4.13. The summed E-state index contributed by atoms with van der Waals surface area (Å²) in [4.78, 5) is 37.6. The van der Waals surface area contributed by atoms with E-state index < -0.39 is 23.9 Å². The topological polar surface area (TPSA) is 96.3 Å². The van der Waals surface area contributed by atoms with Gasteiger partial charge in [0.25, 0.3) is 5.91 Å². The number of anilines is 1. The van der Waals surface area contributed by atoms with E-state index in [2.05, 4.69) is 15.7 Å². The minimum Gasteiger partial charge on any atom is -0.325 e. The third kappa shape index (κ3) is 3.80. The van der Waals surface area contributed by atoms with E-state index in [1.807, 2.05) is 0 Å². The summed E-state index contributed by atoms with van der Waals surface area (Å²) in [6.45, 7) is 0.0582. The summed E-state index contributed by atoms with van der Waals surface area (Å²) in [5.41, 5.74) is 0.659. The molecular formula is C16H16ClN5O3. The molecule has 2 aromatic rings. The predicted octanol–water partition coefficient (Wildman–Crippen LogP) is 1.52. The lowest BCUT2D eigenvalue weighted by Gasteiger charge is -2.14. The Balaban J connectivity index is 1.62. The molecule has 0 bridgehead atoms. The van der Waals surface area contributed by atoms with Gasteiger partial charge in [0, 0.05) is 24.3 Å². The number of carbonyl (C=O) groups excluding carboxylic acids is 3. The number of amides is 4. The van der Waals surface area contributed by atoms with Crippen LogP contribution in [0.15, 0.2) is 36.5 Å². The Hall–Kier alpha value is -2.87. The number of nitrogens with zero attached hydrogens (tertiary/aromatic N) is 3. The molecule has 9 heteroatoms. The van der Waals surface area contributed by atoms with Crippen molar-refractivity contribution in [1.82, 2.24) is 20.0 Å². The number of imide groups is 1. The van der Waals surface area contributed by atoms with Crippen LogP contribution in [0.2, 0.25) is 5.02 Å². The summed E-state index contributed by atoms with van der Waals surface area (Å²) in [5, 5.41) is 9.61. The molecule has 2 N–H and O–H groups in total. The van der Waals surface area contributed by atoms with Crippen molar-refractivity contribution in [3.8, 4) is 0 Å². The fraction of sp³-hybridized carbons (Fsp3) is 0.250. The Morgan fingerprint density at radius 3 is 2.76 bits per heavy atom. The zero-order valence-corrected chi connectivity index (χ0v) is 14.2. The number of nitrogens with one attached hydrogen (secondary N) is 2. The lowest BCUT2D eigenvalue weighted by molar-refractivity contribution is -0.130. The second-order valence-electron chi connectivity index (χ2n) is 5.64. The van der Waals surface area contributed by atoms with Crippen LogP contribution in [0.25, 0.3) is 0 Å². The maximum Gasteiger partial charge on any atom is 0.325 e. The van der Waals surface area contributed by atoms with Crippen molar-refractivity contribution in [3.63, 3.8) is 0 Å². The molecule has 2 heterocycles. The minimum atomic E-state index is -0.904. The molecule has 0 spiro atoms. The molecular weight excluding hydrogens is 346 g/mol. The molecule has 4 amide bonds. The molecule has 1 aliphatic heterocycles. The quantitative estimate of drug-likeness (QED) is 0.789. The first-order valence-corrected chi connectivity index (χ1v) is 7.96. The van der Waals surface area contributed by atoms with Gasteiger partial charge in [-0.15, -0.1) is 0 Å². The molecule has 8 nitrogen and oxygen atoms in total. The van der Waals surface area contributed by atoms with Crippen molar-refractivity contribution in [2.75, 3.05) is 5.32 Å². The summed E-state index contributed by atoms with van der Waals surface area (Å²) < 4.78 is 1.55. The van der Waals surface area contributed by atoms with Gasteiger partial charge >= 0.3 is 6.03 Å². The monoisotopic (exact) mass is 361 g/mol. The number of hydrogen-bond acceptors (Lipinski definition) is 4. The molecule has 1 saturated heterocycles. The van der Waals surface area contributed by atoms with Crippen LogP contribution >= 0.6 is 11.6 Å². The van der Waals surface area contributed by atoms with Crippen molar-refractivity contribution in [2.24, 2.45) is 7.05 Å². The largest absolute Gasteiger partial charge is 0.325 e. The summed E-state index contributed by atoms with van der Waals surface area (Å²) in [5.74, 6) is -0.477. The van der Waals surface area contributed by atoms with Crippen LogP contribution in [0.1, 0.15) is 12.0 Å². The minimum absolute atomic E-state index is 0.0582. The molecule has 1 aromatic heterocycles. The average molecular weight is 362 g/mol. The Morgan fingerprint density at radius 1 is 1.32 bits per heavy atom. The third-order valence-electron chi connectivity index (χ3n) is 3.76. The predicted molar refractivity (Wildman–Crippen MR) is 90.8 cm³/mol. The van der Waals surface area contributed by atoms with Crippen LogP contribution < -0.4 is 10.6 Å². The van der Waals surface area contributed by atoms with E-state index in [0.29, 0.717) is 16.4 Å². The van der Waals surface area contributed by atoms with Gasteiger partial charge in [0.1, 0.15) is 6.04 Å². The second kappa shape index (κ2) is 6.94. The van der Waals surface area contributed by atoms with Gasteiger partial charge in [0.05, 0.1) is 13.0 Å². The Bertz CT molecular complexity index is 835. The number of rotatable bonds is 5. The highest BCUT2D eigenvalue weighted by Gasteiger charge is 2.39. The van der Waals surface area contributed by atoms with Gasteiger partial charge in [-0.25, -0.2) is 4.79 Å². The number of carbonyl (C=O) groups is 3. The van der Waals surface area contributed by atoms with E-state index in [9.17, 15) is 14.4 Å². The van der Waals surface area contributed by atoms with Crippen molar-refractivity contribution in [3.05, 3.63) is 47.1 Å². The first-order valence-electron chi connectivity index (χ1n) is 7.59. The fourth-order valence-corrected chi connectivity index (χ4v) is 2.72. The molecule has 1 aromatic carbocycles. The van der Waals surface area contributed by atoms with E-state index in [1.54, 1.807) is 48.3 Å². The number of benzene rings is 1. The fourth-order valence-electron chi connectivity index (χ4n) is 2.52. The molecule has 0 radical (unpaired) electrons. The molecule has 0 saturated carbocycles. The van der Waals surface area contributed by atoms with Gasteiger partial charge in [-0.1, -0.05) is 29.8 Å². The molecule has 25 heavy (non-hydrogen) atoms. The highest BCUT2D eigenvalue weighted by Crippen LogP contribution is 2.20. The van der Waals surface area contributed by atoms with Crippen LogP contribution in [-0.4, -0.2) is 38.6 Å². The maximum absolute atomic E-state index is 12.4. The molecule has 1 atom stereocenters. The number of urea groups is 1. The molecule has 1 fully saturated rings. The summed E-state index contributed by atoms with van der Waals surface area (Å²) in [7, 11) is 1.73. The SMILES string of the molecule is Cn1ccc(NC(=O)C[C@@H]2NC(=O)N(Cc3ccccc3Cl)C2=O)n1. The average Bonchev–Trinajstić information content (AvgIpc) is 3.07. The highest BCUT2D eigenvalue weighted by molar-refractivity contribution is 6.31. The van der Waals surface area contributed by atoms with E-state index in [1.165, 1.54) is 0 Å². The van der Waals surface area contributed by atoms with Crippen molar-refractivity contribution in [1.29, 1.82) is 0 Å². The van der Waals surface area contributed by atoms with E-state index in [-0.39, 0.29) is 13.0 Å². The van der Waals surface area contributed by atoms with Crippen LogP contribution in [0.4, 0.5) is 10.6 Å². The summed E-state index contributed by atoms with van der Waals surface area (Å²) in [6, 6.07) is 7.16. The zero-order valence-electron chi connectivity index (χ0n) is 13.4. The Labute approximate surface area is 148 Å². The van der Waals surface area contributed by atoms with Gasteiger partial charge in [-0.2, -0.15) is 5.10 Å². The number of halogens is 1. The summed E-state index contributed by atoms with van der Waals surface area (Å²) in [6.07, 6.45) is 1.52. The second-order valence-corrected chi connectivity index (χ2v) is 6.05. The Kier molecular flexibility index (Phi) is 4.71. The van der Waals surface area contributed by atoms with Crippen LogP contribution in [0.5, 0.6) is 0 Å². The maximum atomic E-state index is 12.4. The van der Waals surface area contributed by atoms with Gasteiger partial charge in [0.2, 0.25) is 5.91 Å². The first-order chi connectivity index (χ1) is 11.9. The van der Waals surface area contributed by atoms with Crippen LogP contribution in [0.3, 0.4) is 0 Å². The molecule has 1 aliphatic rings. The normalized spacial score (nSPS) is 16.9. The highest BCUT2D eigenvalue weighted by atomic mass is 35.5. The van der Waals surface area contributed by atoms with Crippen molar-refractivity contribution in [2.45, 2.75) is 19.0 Å². The van der Waals surface area contributed by atoms with Crippen molar-refractivity contribution < 1.29 is 14.4 Å². The van der Waals surface area contributed by atoms with Gasteiger partial charge in [0.15, 0.2) is 5.82 Å². The van der Waals surface area contributed by atoms with Gasteiger partial charge in [-0.3, -0.25) is 19.2 Å². The van der Waals surface area contributed by atoms with Gasteiger partial charge < -0.3 is 10.6 Å². The molecule has 0 unspecified atom stereocenters. The first kappa shape index (κ1) is 17.0. The Morgan fingerprint density at radius 2 is 2.08 bits per heavy atom. The lowest BCUT2D eigenvalue weighted by Crippen LogP contribution is -2.34. The molecule has 0 aliphatic carbocycles. The van der Waals surface area contributed by atoms with Crippen molar-refractivity contribution >= 4 is 35.3 Å². The van der Waals surface area contributed by atoms with E-state index in [4.69, 9.17) is 11.6 Å². The molecule has 130 valence electrons. The number of aromatic nitrogens is 2. The van der Waals surface area contributed by atoms with Crippen LogP contribution in [0, 0.1) is 0 Å². The number of hydrogen-bond donors (Lipinski definition) is 2. The zero-order chi connectivity index (χ0) is 18.0. The van der Waals surface area contributed by atoms with E-state index >= 15 is 0 Å². The van der Waals surface area contributed by atoms with E-state index in [0.717, 1.165) is 4.90 Å².